The molecular formula is C16H16Cl2N2. The van der Waals surface area contributed by atoms with Crippen LogP contribution in [0.15, 0.2) is 52.8 Å². The summed E-state index contributed by atoms with van der Waals surface area (Å²) in [6.45, 7) is 1.62. The molecule has 0 fully saturated rings. The van der Waals surface area contributed by atoms with Crippen LogP contribution in [0.2, 0.25) is 0 Å². The van der Waals surface area contributed by atoms with E-state index in [1.807, 2.05) is 11.9 Å². The lowest BCUT2D eigenvalue weighted by Gasteiger charge is -2.19. The zero-order valence-electron chi connectivity index (χ0n) is 11.3. The maximum Gasteiger partial charge on any atom is 0.141 e. The third-order valence-corrected chi connectivity index (χ3v) is 4.68. The van der Waals surface area contributed by atoms with Crippen LogP contribution in [0, 0.1) is 0 Å². The van der Waals surface area contributed by atoms with Gasteiger partial charge in [-0.15, -0.1) is 0 Å². The van der Waals surface area contributed by atoms with Gasteiger partial charge in [-0.05, 0) is 22.8 Å². The van der Waals surface area contributed by atoms with Crippen molar-refractivity contribution in [2.75, 3.05) is 20.3 Å². The van der Waals surface area contributed by atoms with Crippen molar-refractivity contribution in [2.24, 2.45) is 0 Å². The highest BCUT2D eigenvalue weighted by atomic mass is 35.5. The van der Waals surface area contributed by atoms with E-state index in [-0.39, 0.29) is 0 Å². The fourth-order valence-electron chi connectivity index (χ4n) is 2.60. The van der Waals surface area contributed by atoms with E-state index >= 15 is 0 Å². The van der Waals surface area contributed by atoms with E-state index in [0.717, 1.165) is 19.6 Å². The van der Waals surface area contributed by atoms with Crippen molar-refractivity contribution in [3.8, 4) is 0 Å². The third-order valence-electron chi connectivity index (χ3n) is 3.70. The molecule has 3 rings (SSSR count). The highest BCUT2D eigenvalue weighted by Gasteiger charge is 2.23. The summed E-state index contributed by atoms with van der Waals surface area (Å²) in [6.07, 6.45) is 0.954. The Bertz CT molecular complexity index is 661. The first-order chi connectivity index (χ1) is 9.66. The summed E-state index contributed by atoms with van der Waals surface area (Å²) in [4.78, 5) is 4.05. The van der Waals surface area contributed by atoms with Crippen molar-refractivity contribution in [3.63, 3.8) is 0 Å². The van der Waals surface area contributed by atoms with E-state index in [1.165, 1.54) is 16.3 Å². The van der Waals surface area contributed by atoms with Gasteiger partial charge in [-0.3, -0.25) is 0 Å². The molecule has 20 heavy (non-hydrogen) atoms. The van der Waals surface area contributed by atoms with Gasteiger partial charge in [0.15, 0.2) is 0 Å². The van der Waals surface area contributed by atoms with E-state index in [0.29, 0.717) is 10.3 Å². The predicted octanol–water partition coefficient (Wildman–Crippen LogP) is 4.19. The maximum absolute atomic E-state index is 6.24. The highest BCUT2D eigenvalue weighted by Crippen LogP contribution is 2.28. The van der Waals surface area contributed by atoms with Crippen LogP contribution in [0.5, 0.6) is 0 Å². The topological polar surface area (TPSA) is 6.48 Å². The standard InChI is InChI=1S/C16H16Cl2N2/c1-19-11-20(16(18)15(19)17)10-9-13-7-4-6-12-5-2-3-8-14(12)13/h2-8H,9-11H2,1H3. The zero-order chi connectivity index (χ0) is 14.1. The molecular weight excluding hydrogens is 291 g/mol. The van der Waals surface area contributed by atoms with Crippen molar-refractivity contribution in [1.29, 1.82) is 0 Å². The van der Waals surface area contributed by atoms with Crippen LogP contribution in [-0.2, 0) is 6.42 Å². The predicted molar refractivity (Wildman–Crippen MR) is 85.7 cm³/mol. The van der Waals surface area contributed by atoms with Crippen LogP contribution in [0.3, 0.4) is 0 Å². The van der Waals surface area contributed by atoms with E-state index in [4.69, 9.17) is 23.2 Å². The molecule has 0 saturated carbocycles. The summed E-state index contributed by atoms with van der Waals surface area (Å²) in [5.74, 6) is 0. The molecule has 1 aliphatic heterocycles. The summed E-state index contributed by atoms with van der Waals surface area (Å²) >= 11 is 12.4. The van der Waals surface area contributed by atoms with Gasteiger partial charge in [-0.1, -0.05) is 65.7 Å². The molecule has 1 heterocycles. The Morgan fingerprint density at radius 2 is 1.75 bits per heavy atom. The lowest BCUT2D eigenvalue weighted by Crippen LogP contribution is -2.26. The Hall–Kier alpha value is -1.38. The molecule has 2 aromatic carbocycles. The summed E-state index contributed by atoms with van der Waals surface area (Å²) in [6, 6.07) is 14.9. The molecule has 2 aromatic rings. The molecule has 0 spiro atoms. The molecule has 0 N–H and O–H groups in total. The molecule has 2 nitrogen and oxygen atoms in total. The van der Waals surface area contributed by atoms with Crippen LogP contribution in [0.25, 0.3) is 10.8 Å². The van der Waals surface area contributed by atoms with E-state index < -0.39 is 0 Å². The Morgan fingerprint density at radius 1 is 1.00 bits per heavy atom. The Labute approximate surface area is 129 Å². The summed E-state index contributed by atoms with van der Waals surface area (Å²) in [5, 5.41) is 3.87. The largest absolute Gasteiger partial charge is 0.345 e. The fraction of sp³-hybridized carbons (Fsp3) is 0.250. The van der Waals surface area contributed by atoms with Crippen LogP contribution >= 0.6 is 23.2 Å². The SMILES string of the molecule is CN1CN(CCc2cccc3ccccc23)C(Cl)=C1Cl. The fourth-order valence-corrected chi connectivity index (χ4v) is 3.06. The minimum absolute atomic E-state index is 0.629. The molecule has 0 bridgehead atoms. The molecule has 4 heteroatoms. The number of benzene rings is 2. The van der Waals surface area contributed by atoms with Gasteiger partial charge < -0.3 is 9.80 Å². The normalized spacial score (nSPS) is 15.6. The van der Waals surface area contributed by atoms with Crippen molar-refractivity contribution in [3.05, 3.63) is 58.3 Å². The van der Waals surface area contributed by atoms with Crippen LogP contribution in [-0.4, -0.2) is 30.1 Å². The smallest absolute Gasteiger partial charge is 0.141 e. The number of nitrogens with zero attached hydrogens (tertiary/aromatic N) is 2. The highest BCUT2D eigenvalue weighted by molar-refractivity contribution is 6.38. The van der Waals surface area contributed by atoms with Crippen molar-refractivity contribution in [1.82, 2.24) is 9.80 Å². The van der Waals surface area contributed by atoms with Gasteiger partial charge in [-0.2, -0.15) is 0 Å². The number of rotatable bonds is 3. The monoisotopic (exact) mass is 306 g/mol. The second-order valence-corrected chi connectivity index (χ2v) is 5.79. The lowest BCUT2D eigenvalue weighted by molar-refractivity contribution is 0.292. The summed E-state index contributed by atoms with van der Waals surface area (Å²) in [5.41, 5.74) is 1.35. The third kappa shape index (κ3) is 2.46. The molecule has 0 atom stereocenters. The molecule has 0 unspecified atom stereocenters. The Kier molecular flexibility index (Phi) is 3.77. The maximum atomic E-state index is 6.24. The van der Waals surface area contributed by atoms with E-state index in [9.17, 15) is 0 Å². The molecule has 0 amide bonds. The van der Waals surface area contributed by atoms with Gasteiger partial charge in [0, 0.05) is 13.6 Å². The van der Waals surface area contributed by atoms with Crippen LogP contribution in [0.4, 0.5) is 0 Å². The second-order valence-electron chi connectivity index (χ2n) is 5.07. The average molecular weight is 307 g/mol. The molecule has 0 aromatic heterocycles. The van der Waals surface area contributed by atoms with E-state index in [1.54, 1.807) is 0 Å². The van der Waals surface area contributed by atoms with Crippen LogP contribution < -0.4 is 0 Å². The van der Waals surface area contributed by atoms with Crippen molar-refractivity contribution in [2.45, 2.75) is 6.42 Å². The van der Waals surface area contributed by atoms with Gasteiger partial charge in [-0.25, -0.2) is 0 Å². The Balaban J connectivity index is 1.79. The van der Waals surface area contributed by atoms with Crippen molar-refractivity contribution < 1.29 is 0 Å². The molecule has 1 aliphatic rings. The summed E-state index contributed by atoms with van der Waals surface area (Å²) in [7, 11) is 1.95. The summed E-state index contributed by atoms with van der Waals surface area (Å²) < 4.78 is 0. The van der Waals surface area contributed by atoms with E-state index in [2.05, 4.69) is 47.4 Å². The van der Waals surface area contributed by atoms with Crippen molar-refractivity contribution >= 4 is 34.0 Å². The van der Waals surface area contributed by atoms with Gasteiger partial charge >= 0.3 is 0 Å². The molecule has 104 valence electrons. The second kappa shape index (κ2) is 5.55. The first kappa shape index (κ1) is 13.6. The Morgan fingerprint density at radius 3 is 2.50 bits per heavy atom. The van der Waals surface area contributed by atoms with Gasteiger partial charge in [0.2, 0.25) is 0 Å². The minimum atomic E-state index is 0.629. The molecule has 0 aliphatic carbocycles. The minimum Gasteiger partial charge on any atom is -0.345 e. The first-order valence-corrected chi connectivity index (χ1v) is 7.40. The number of hydrogen-bond donors (Lipinski definition) is 0. The quantitative estimate of drug-likeness (QED) is 0.785. The number of halogens is 2. The van der Waals surface area contributed by atoms with Gasteiger partial charge in [0.25, 0.3) is 0 Å². The number of hydrogen-bond acceptors (Lipinski definition) is 2. The zero-order valence-corrected chi connectivity index (χ0v) is 12.8. The number of fused-ring (bicyclic) bond motifs is 1. The first-order valence-electron chi connectivity index (χ1n) is 6.65. The lowest BCUT2D eigenvalue weighted by atomic mass is 10.0. The molecule has 0 saturated heterocycles. The van der Waals surface area contributed by atoms with Gasteiger partial charge in [0.1, 0.15) is 10.3 Å². The molecule has 0 radical (unpaired) electrons. The van der Waals surface area contributed by atoms with Gasteiger partial charge in [0.05, 0.1) is 6.67 Å². The average Bonchev–Trinajstić information content (AvgIpc) is 2.72. The van der Waals surface area contributed by atoms with Crippen LogP contribution in [0.1, 0.15) is 5.56 Å².